The van der Waals surface area contributed by atoms with E-state index < -0.39 is 30.1 Å². The number of carbonyl (C=O) groups is 3. The first-order valence-corrected chi connectivity index (χ1v) is 11.0. The molecular weight excluding hydrogens is 446 g/mol. The number of carbonyl (C=O) groups excluding carboxylic acids is 2. The van der Waals surface area contributed by atoms with Crippen molar-refractivity contribution in [3.8, 4) is 11.1 Å². The van der Waals surface area contributed by atoms with Gasteiger partial charge >= 0.3 is 12.1 Å². The molecule has 1 heterocycles. The van der Waals surface area contributed by atoms with E-state index in [0.29, 0.717) is 0 Å². The van der Waals surface area contributed by atoms with Gasteiger partial charge in [0.25, 0.3) is 5.91 Å². The zero-order valence-corrected chi connectivity index (χ0v) is 18.3. The summed E-state index contributed by atoms with van der Waals surface area (Å²) in [6.45, 7) is 1.39. The number of carboxylic acid groups (broad SMARTS) is 1. The van der Waals surface area contributed by atoms with Gasteiger partial charge in [-0.3, -0.25) is 10.1 Å². The van der Waals surface area contributed by atoms with E-state index in [-0.39, 0.29) is 22.5 Å². The maximum Gasteiger partial charge on any atom is 0.413 e. The fraction of sp³-hybridized carbons (Fsp3) is 0.217. The molecule has 0 aliphatic heterocycles. The molecule has 10 heteroatoms. The van der Waals surface area contributed by atoms with Gasteiger partial charge < -0.3 is 20.3 Å². The number of thiazole rings is 1. The smallest absolute Gasteiger partial charge is 0.413 e. The zero-order valence-electron chi connectivity index (χ0n) is 17.5. The highest BCUT2D eigenvalue weighted by Crippen LogP contribution is 2.44. The number of anilines is 1. The fourth-order valence-corrected chi connectivity index (χ4v) is 4.46. The number of aliphatic hydroxyl groups is 1. The molecule has 0 radical (unpaired) electrons. The third kappa shape index (κ3) is 4.71. The van der Waals surface area contributed by atoms with Gasteiger partial charge in [0.05, 0.1) is 12.3 Å². The molecular formula is C23H21N3O6S. The third-order valence-electron chi connectivity index (χ3n) is 5.32. The van der Waals surface area contributed by atoms with E-state index in [1.165, 1.54) is 13.1 Å². The van der Waals surface area contributed by atoms with E-state index >= 15 is 0 Å². The SMILES string of the molecule is CC(O)C(NC(=O)c1cnc(NC(=O)OCC2c3ccccc3-c3ccccc32)s1)C(=O)O. The number of aliphatic hydroxyl groups excluding tert-OH is 1. The molecule has 170 valence electrons. The third-order valence-corrected chi connectivity index (χ3v) is 6.23. The predicted octanol–water partition coefficient (Wildman–Crippen LogP) is 3.07. The molecule has 9 nitrogen and oxygen atoms in total. The zero-order chi connectivity index (χ0) is 23.5. The summed E-state index contributed by atoms with van der Waals surface area (Å²) >= 11 is 0.860. The Morgan fingerprint density at radius 3 is 2.27 bits per heavy atom. The lowest BCUT2D eigenvalue weighted by Gasteiger charge is -2.16. The average molecular weight is 468 g/mol. The molecule has 33 heavy (non-hydrogen) atoms. The Bertz CT molecular complexity index is 1160. The first-order chi connectivity index (χ1) is 15.8. The molecule has 0 bridgehead atoms. The fourth-order valence-electron chi connectivity index (χ4n) is 3.76. The lowest BCUT2D eigenvalue weighted by molar-refractivity contribution is -0.141. The highest BCUT2D eigenvalue weighted by atomic mass is 32.1. The molecule has 2 amide bonds. The molecule has 4 rings (SSSR count). The Hall–Kier alpha value is -3.76. The number of fused-ring (bicyclic) bond motifs is 3. The Balaban J connectivity index is 1.37. The molecule has 1 aliphatic rings. The Kier molecular flexibility index (Phi) is 6.38. The van der Waals surface area contributed by atoms with E-state index in [2.05, 4.69) is 15.6 Å². The predicted molar refractivity (Wildman–Crippen MR) is 121 cm³/mol. The van der Waals surface area contributed by atoms with Crippen LogP contribution in [0.1, 0.15) is 33.6 Å². The first kappa shape index (κ1) is 22.4. The second-order valence-corrected chi connectivity index (χ2v) is 8.54. The van der Waals surface area contributed by atoms with E-state index in [9.17, 15) is 19.5 Å². The quantitative estimate of drug-likeness (QED) is 0.419. The topological polar surface area (TPSA) is 138 Å². The average Bonchev–Trinajstić information content (AvgIpc) is 3.38. The van der Waals surface area contributed by atoms with Crippen molar-refractivity contribution in [2.24, 2.45) is 0 Å². The van der Waals surface area contributed by atoms with Gasteiger partial charge in [-0.25, -0.2) is 14.6 Å². The van der Waals surface area contributed by atoms with Crippen molar-refractivity contribution in [3.05, 3.63) is 70.7 Å². The maximum absolute atomic E-state index is 12.4. The van der Waals surface area contributed by atoms with Crippen molar-refractivity contribution in [1.29, 1.82) is 0 Å². The van der Waals surface area contributed by atoms with Crippen LogP contribution in [0.15, 0.2) is 54.7 Å². The first-order valence-electron chi connectivity index (χ1n) is 10.1. The number of aliphatic carboxylic acids is 1. The summed E-state index contributed by atoms with van der Waals surface area (Å²) in [5.41, 5.74) is 4.42. The lowest BCUT2D eigenvalue weighted by atomic mass is 9.98. The number of carboxylic acids is 1. The summed E-state index contributed by atoms with van der Waals surface area (Å²) in [6.07, 6.45) is -0.789. The van der Waals surface area contributed by atoms with Crippen molar-refractivity contribution in [3.63, 3.8) is 0 Å². The monoisotopic (exact) mass is 467 g/mol. The van der Waals surface area contributed by atoms with Gasteiger partial charge in [0.2, 0.25) is 0 Å². The van der Waals surface area contributed by atoms with E-state index in [1.54, 1.807) is 0 Å². The number of ether oxygens (including phenoxy) is 1. The summed E-state index contributed by atoms with van der Waals surface area (Å²) in [4.78, 5) is 39.8. The molecule has 0 saturated carbocycles. The van der Waals surface area contributed by atoms with Crippen molar-refractivity contribution < 1.29 is 29.3 Å². The number of nitrogens with one attached hydrogen (secondary N) is 2. The van der Waals surface area contributed by atoms with Crippen LogP contribution in [-0.4, -0.2) is 51.9 Å². The summed E-state index contributed by atoms with van der Waals surface area (Å²) in [7, 11) is 0. The molecule has 1 aliphatic carbocycles. The summed E-state index contributed by atoms with van der Waals surface area (Å²) in [6, 6.07) is 14.5. The molecule has 1 aromatic heterocycles. The van der Waals surface area contributed by atoms with Crippen LogP contribution >= 0.6 is 11.3 Å². The normalized spacial score (nSPS) is 14.0. The number of nitrogens with zero attached hydrogens (tertiary/aromatic N) is 1. The summed E-state index contributed by atoms with van der Waals surface area (Å²) < 4.78 is 5.45. The van der Waals surface area contributed by atoms with Gasteiger partial charge in [-0.15, -0.1) is 0 Å². The van der Waals surface area contributed by atoms with E-state index in [4.69, 9.17) is 9.84 Å². The molecule has 0 fully saturated rings. The van der Waals surface area contributed by atoms with Gasteiger partial charge in [0.15, 0.2) is 11.2 Å². The van der Waals surface area contributed by atoms with Crippen LogP contribution in [0, 0.1) is 0 Å². The highest BCUT2D eigenvalue weighted by molar-refractivity contribution is 7.17. The van der Waals surface area contributed by atoms with E-state index in [0.717, 1.165) is 33.6 Å². The van der Waals surface area contributed by atoms with Crippen molar-refractivity contribution >= 4 is 34.4 Å². The lowest BCUT2D eigenvalue weighted by Crippen LogP contribution is -2.47. The summed E-state index contributed by atoms with van der Waals surface area (Å²) in [5, 5.41) is 23.4. The standard InChI is InChI=1S/C23H21N3O6S/c1-12(27)19(21(29)30)25-20(28)18-10-24-22(33-18)26-23(31)32-11-17-15-8-4-2-6-13(15)14-7-3-5-9-16(14)17/h2-10,12,17,19,27H,11H2,1H3,(H,25,28)(H,29,30)(H,24,26,31). The second kappa shape index (κ2) is 9.39. The van der Waals surface area contributed by atoms with Gasteiger partial charge in [0.1, 0.15) is 11.5 Å². The largest absolute Gasteiger partial charge is 0.480 e. The van der Waals surface area contributed by atoms with Gasteiger partial charge in [-0.2, -0.15) is 0 Å². The van der Waals surface area contributed by atoms with Crippen LogP contribution in [0.4, 0.5) is 9.93 Å². The molecule has 2 unspecified atom stereocenters. The maximum atomic E-state index is 12.4. The molecule has 0 saturated heterocycles. The van der Waals surface area contributed by atoms with Crippen LogP contribution in [0.5, 0.6) is 0 Å². The van der Waals surface area contributed by atoms with Crippen LogP contribution in [0.2, 0.25) is 0 Å². The Labute approximate surface area is 193 Å². The van der Waals surface area contributed by atoms with Gasteiger partial charge in [-0.05, 0) is 29.2 Å². The van der Waals surface area contributed by atoms with Gasteiger partial charge in [0, 0.05) is 5.92 Å². The summed E-state index contributed by atoms with van der Waals surface area (Å²) in [5.74, 6) is -2.17. The number of hydrogen-bond donors (Lipinski definition) is 4. The molecule has 0 spiro atoms. The molecule has 2 atom stereocenters. The van der Waals surface area contributed by atoms with Crippen molar-refractivity contribution in [2.75, 3.05) is 11.9 Å². The van der Waals surface area contributed by atoms with Gasteiger partial charge in [-0.1, -0.05) is 59.9 Å². The van der Waals surface area contributed by atoms with Crippen LogP contribution in [0.3, 0.4) is 0 Å². The van der Waals surface area contributed by atoms with Crippen LogP contribution < -0.4 is 10.6 Å². The Morgan fingerprint density at radius 1 is 1.09 bits per heavy atom. The Morgan fingerprint density at radius 2 is 1.70 bits per heavy atom. The second-order valence-electron chi connectivity index (χ2n) is 7.51. The van der Waals surface area contributed by atoms with Crippen molar-refractivity contribution in [1.82, 2.24) is 10.3 Å². The minimum absolute atomic E-state index is 0.0795. The van der Waals surface area contributed by atoms with E-state index in [1.807, 2.05) is 48.5 Å². The van der Waals surface area contributed by atoms with Crippen LogP contribution in [-0.2, 0) is 9.53 Å². The number of rotatable bonds is 7. The molecule has 3 aromatic rings. The minimum Gasteiger partial charge on any atom is -0.480 e. The molecule has 2 aromatic carbocycles. The number of hydrogen-bond acceptors (Lipinski definition) is 7. The minimum atomic E-state index is -1.46. The number of aromatic nitrogens is 1. The highest BCUT2D eigenvalue weighted by Gasteiger charge is 2.29. The van der Waals surface area contributed by atoms with Crippen LogP contribution in [0.25, 0.3) is 11.1 Å². The number of benzene rings is 2. The van der Waals surface area contributed by atoms with Crippen molar-refractivity contribution in [2.45, 2.75) is 25.0 Å². The molecule has 4 N–H and O–H groups in total. The number of amides is 2.